The van der Waals surface area contributed by atoms with Crippen molar-refractivity contribution >= 4 is 17.7 Å². The van der Waals surface area contributed by atoms with E-state index in [1.807, 2.05) is 0 Å². The predicted molar refractivity (Wildman–Crippen MR) is 92.9 cm³/mol. The van der Waals surface area contributed by atoms with Gasteiger partial charge in [0.1, 0.15) is 0 Å². The molecule has 2 rings (SSSR count). The average molecular weight is 272 g/mol. The molecule has 2 aromatic rings. The first-order chi connectivity index (χ1) is 10.2. The Morgan fingerprint density at radius 1 is 0.810 bits per heavy atom. The van der Waals surface area contributed by atoms with Gasteiger partial charge in [0.15, 0.2) is 0 Å². The molecule has 1 atom stereocenters. The van der Waals surface area contributed by atoms with Crippen LogP contribution in [0.4, 0.5) is 0 Å². The van der Waals surface area contributed by atoms with Gasteiger partial charge < -0.3 is 0 Å². The van der Waals surface area contributed by atoms with E-state index in [2.05, 4.69) is 86.2 Å². The normalized spacial score (nSPS) is 13.9. The minimum atomic E-state index is 0.128. The first-order valence-corrected chi connectivity index (χ1v) is 8.35. The van der Waals surface area contributed by atoms with Crippen molar-refractivity contribution < 1.29 is 0 Å². The first kappa shape index (κ1) is 16.4. The van der Waals surface area contributed by atoms with Crippen molar-refractivity contribution in [1.29, 1.82) is 0 Å². The van der Waals surface area contributed by atoms with Crippen LogP contribution in [0.1, 0.15) is 56.2 Å². The Labute approximate surface area is 139 Å². The van der Waals surface area contributed by atoms with Crippen molar-refractivity contribution in [2.24, 2.45) is 0 Å². The topological polar surface area (TPSA) is 0 Å². The van der Waals surface area contributed by atoms with Crippen molar-refractivity contribution in [3.8, 4) is 0 Å². The predicted octanol–water partition coefficient (Wildman–Crippen LogP) is 5.24. The molecule has 2 aromatic carbocycles. The molecule has 0 aromatic heterocycles. The summed E-state index contributed by atoms with van der Waals surface area (Å²) in [5, 5.41) is 0. The number of unbranched alkanes of at least 4 members (excludes halogenated alkanes) is 2. The van der Waals surface area contributed by atoms with Crippen LogP contribution in [0.3, 0.4) is 0 Å². The van der Waals surface area contributed by atoms with Crippen molar-refractivity contribution in [1.82, 2.24) is 0 Å². The number of hydrogen-bond acceptors (Lipinski definition) is 0. The maximum atomic E-state index is 2.40. The Kier molecular flexibility index (Phi) is 6.16. The Hall–Kier alpha value is -0.963. The van der Waals surface area contributed by atoms with E-state index in [-0.39, 0.29) is 4.09 Å². The van der Waals surface area contributed by atoms with Crippen LogP contribution in [0.15, 0.2) is 54.6 Å². The summed E-state index contributed by atoms with van der Waals surface area (Å²) >= 11 is 2.40. The zero-order valence-corrected chi connectivity index (χ0v) is 13.7. The van der Waals surface area contributed by atoms with Gasteiger partial charge in [-0.15, -0.1) is 0 Å². The fourth-order valence-electron chi connectivity index (χ4n) is 3.10. The molecule has 0 aliphatic carbocycles. The van der Waals surface area contributed by atoms with Gasteiger partial charge >= 0.3 is 139 Å². The van der Waals surface area contributed by atoms with E-state index < -0.39 is 0 Å². The van der Waals surface area contributed by atoms with E-state index in [0.29, 0.717) is 0 Å². The fraction of sp³-hybridized carbons (Fsp3) is 0.400. The van der Waals surface area contributed by atoms with E-state index in [4.69, 9.17) is 0 Å². The summed E-state index contributed by atoms with van der Waals surface area (Å²) in [5.41, 5.74) is 4.30. The molecular weight excluding hydrogens is 247 g/mol. The van der Waals surface area contributed by atoms with Crippen LogP contribution in [0.5, 0.6) is 0 Å². The molecule has 0 aliphatic heterocycles. The van der Waals surface area contributed by atoms with Crippen LogP contribution in [0.25, 0.3) is 0 Å². The number of benzene rings is 2. The molecule has 0 nitrogen and oxygen atoms in total. The van der Waals surface area contributed by atoms with Gasteiger partial charge in [0.2, 0.25) is 0 Å². The third-order valence-corrected chi connectivity index (χ3v) is 4.69. The monoisotopic (exact) mass is 272 g/mol. The molecule has 0 spiro atoms. The third-order valence-electron chi connectivity index (χ3n) is 4.69. The summed E-state index contributed by atoms with van der Waals surface area (Å²) < 4.78 is 0.128. The number of rotatable bonds is 7. The molecule has 0 aliphatic rings. The second-order valence-electron chi connectivity index (χ2n) is 6.21. The van der Waals surface area contributed by atoms with Crippen molar-refractivity contribution in [3.63, 3.8) is 0 Å². The van der Waals surface area contributed by atoms with Gasteiger partial charge in [0.25, 0.3) is 0 Å². The van der Waals surface area contributed by atoms with Crippen LogP contribution in [-0.4, -0.2) is 17.7 Å². The molecule has 0 heterocycles. The minimum absolute atomic E-state index is 0.128. The van der Waals surface area contributed by atoms with Crippen LogP contribution in [0.2, 0.25) is 0 Å². The molecule has 0 N–H and O–H groups in total. The first-order valence-electron chi connectivity index (χ1n) is 8.35. The van der Waals surface area contributed by atoms with Crippen LogP contribution in [0, 0.1) is 0 Å². The van der Waals surface area contributed by atoms with Gasteiger partial charge in [0, 0.05) is 0 Å². The molecule has 0 amide bonds. The zero-order valence-electron chi connectivity index (χ0n) is 13.7. The molecule has 0 fully saturated rings. The van der Waals surface area contributed by atoms with Crippen molar-refractivity contribution in [2.75, 3.05) is 0 Å². The molecule has 21 heavy (non-hydrogen) atoms. The molecule has 0 bridgehead atoms. The van der Waals surface area contributed by atoms with Crippen molar-refractivity contribution in [3.05, 3.63) is 71.3 Å². The Balaban J connectivity index is 2.34. The van der Waals surface area contributed by atoms with Crippen LogP contribution >= 0.6 is 0 Å². The quantitative estimate of drug-likeness (QED) is 0.477. The van der Waals surface area contributed by atoms with E-state index in [9.17, 15) is 0 Å². The fourth-order valence-corrected chi connectivity index (χ4v) is 3.10. The van der Waals surface area contributed by atoms with Gasteiger partial charge in [-0.05, 0) is 0 Å². The van der Waals surface area contributed by atoms with E-state index >= 15 is 0 Å². The zero-order chi connectivity index (χ0) is 15.1. The summed E-state index contributed by atoms with van der Waals surface area (Å²) in [6.07, 6.45) is 6.21. The Morgan fingerprint density at radius 2 is 1.43 bits per heavy atom. The van der Waals surface area contributed by atoms with Gasteiger partial charge in [-0.25, -0.2) is 0 Å². The van der Waals surface area contributed by atoms with E-state index in [0.717, 1.165) is 6.42 Å². The average Bonchev–Trinajstić information content (AvgIpc) is 2.56. The molecule has 1 heteroatoms. The second-order valence-corrected chi connectivity index (χ2v) is 6.21. The number of hydrogen-bond donors (Lipinski definition) is 0. The van der Waals surface area contributed by atoms with Gasteiger partial charge in [0.05, 0.1) is 0 Å². The summed E-state index contributed by atoms with van der Waals surface area (Å²) in [6, 6.07) is 20.2. The molecule has 1 unspecified atom stereocenters. The van der Waals surface area contributed by atoms with Crippen molar-refractivity contribution in [2.45, 2.75) is 50.0 Å². The second kappa shape index (κ2) is 7.88. The van der Waals surface area contributed by atoms with Crippen LogP contribution < -0.4 is 0 Å². The van der Waals surface area contributed by atoms with Gasteiger partial charge in [-0.3, -0.25) is 0 Å². The standard InChI is InChI=1S/C20H25.Li/c1-3-5-7-12-20(18-10-8-6-9-11-18)19-15-13-17(4-2)14-16-19;/h6,8-11,13-16H,3-5,7,12H2,1-2H3;. The Morgan fingerprint density at radius 3 is 2.00 bits per heavy atom. The maximum absolute atomic E-state index is 2.40. The summed E-state index contributed by atoms with van der Waals surface area (Å²) in [4.78, 5) is 0. The summed E-state index contributed by atoms with van der Waals surface area (Å²) in [6.45, 7) is 4.49. The summed E-state index contributed by atoms with van der Waals surface area (Å²) in [7, 11) is 0. The molecule has 0 saturated heterocycles. The van der Waals surface area contributed by atoms with Crippen LogP contribution in [-0.2, 0) is 10.5 Å². The van der Waals surface area contributed by atoms with E-state index in [1.54, 1.807) is 0 Å². The van der Waals surface area contributed by atoms with Gasteiger partial charge in [-0.1, -0.05) is 0 Å². The molecule has 0 saturated carbocycles. The SMILES string of the molecule is [Li][C](CCCCC)(c1ccccc1)c1ccc(CC)cc1. The molecule has 0 radical (unpaired) electrons. The molecular formula is C20H25Li. The number of aryl methyl sites for hydroxylation is 1. The van der Waals surface area contributed by atoms with E-state index in [1.165, 1.54) is 42.4 Å². The Bertz CT molecular complexity index is 530. The van der Waals surface area contributed by atoms with Gasteiger partial charge in [-0.2, -0.15) is 0 Å². The third kappa shape index (κ3) is 4.03. The molecule has 106 valence electrons. The summed E-state index contributed by atoms with van der Waals surface area (Å²) in [5.74, 6) is 0.